The average Bonchev–Trinajstić information content (AvgIpc) is 2.57. The molecule has 2 rings (SSSR count). The molecule has 1 spiro atoms. The Kier molecular flexibility index (Phi) is 3.01. The van der Waals surface area contributed by atoms with Crippen LogP contribution in [0.3, 0.4) is 0 Å². The van der Waals surface area contributed by atoms with Crippen molar-refractivity contribution in [3.63, 3.8) is 0 Å². The zero-order chi connectivity index (χ0) is 13.6. The van der Waals surface area contributed by atoms with Crippen molar-refractivity contribution in [3.05, 3.63) is 0 Å². The molecule has 6 nitrogen and oxygen atoms in total. The predicted octanol–water partition coefficient (Wildman–Crippen LogP) is 0.987. The Morgan fingerprint density at radius 3 is 2.78 bits per heavy atom. The monoisotopic (exact) mass is 255 g/mol. The molecule has 1 amide bonds. The van der Waals surface area contributed by atoms with Crippen LogP contribution in [-0.4, -0.2) is 54.6 Å². The molecule has 102 valence electrons. The lowest BCUT2D eigenvalue weighted by molar-refractivity contribution is -0.0617. The van der Waals surface area contributed by atoms with Gasteiger partial charge >= 0.3 is 6.09 Å². The summed E-state index contributed by atoms with van der Waals surface area (Å²) in [6.07, 6.45) is -0.857. The molecule has 0 aromatic carbocycles. The van der Waals surface area contributed by atoms with E-state index in [1.807, 2.05) is 0 Å². The summed E-state index contributed by atoms with van der Waals surface area (Å²) in [4.78, 5) is 17.7. The molecule has 2 aliphatic rings. The molecule has 0 aromatic heterocycles. The molecule has 2 atom stereocenters. The normalized spacial score (nSPS) is 33.9. The molecule has 2 saturated heterocycles. The summed E-state index contributed by atoms with van der Waals surface area (Å²) in [6.45, 7) is 8.14. The smallest absolute Gasteiger partial charge is 0.407 e. The molecule has 0 radical (unpaired) electrons. The van der Waals surface area contributed by atoms with E-state index in [0.717, 1.165) is 12.3 Å². The van der Waals surface area contributed by atoms with E-state index in [2.05, 4.69) is 31.2 Å². The van der Waals surface area contributed by atoms with E-state index >= 15 is 0 Å². The summed E-state index contributed by atoms with van der Waals surface area (Å²) in [5.74, 6) is 0. The van der Waals surface area contributed by atoms with Crippen molar-refractivity contribution in [2.24, 2.45) is 16.0 Å². The fourth-order valence-electron chi connectivity index (χ4n) is 3.46. The summed E-state index contributed by atoms with van der Waals surface area (Å²) in [5.41, 5.74) is 0.603. The highest BCUT2D eigenvalue weighted by atomic mass is 16.6. The Hall–Kier alpha value is -1.30. The van der Waals surface area contributed by atoms with Gasteiger partial charge in [-0.15, -0.1) is 0 Å². The third kappa shape index (κ3) is 1.75. The highest BCUT2D eigenvalue weighted by Crippen LogP contribution is 2.49. The van der Waals surface area contributed by atoms with Crippen molar-refractivity contribution in [1.82, 2.24) is 10.2 Å². The summed E-state index contributed by atoms with van der Waals surface area (Å²) < 4.78 is 0. The third-order valence-corrected chi connectivity index (χ3v) is 3.86. The minimum Gasteiger partial charge on any atom is -0.465 e. The van der Waals surface area contributed by atoms with E-state index in [4.69, 9.17) is 4.84 Å². The maximum absolute atomic E-state index is 11.3. The molecule has 0 aliphatic carbocycles. The van der Waals surface area contributed by atoms with Gasteiger partial charge in [0.05, 0.1) is 17.2 Å². The second-order valence-electron chi connectivity index (χ2n) is 6.16. The van der Waals surface area contributed by atoms with Crippen molar-refractivity contribution in [3.8, 4) is 0 Å². The van der Waals surface area contributed by atoms with Crippen LogP contribution in [0.4, 0.5) is 4.79 Å². The first kappa shape index (κ1) is 13.1. The third-order valence-electron chi connectivity index (χ3n) is 3.86. The molecular formula is C12H21N3O3. The number of amides is 1. The van der Waals surface area contributed by atoms with E-state index in [1.54, 1.807) is 0 Å². The van der Waals surface area contributed by atoms with Gasteiger partial charge in [0.1, 0.15) is 7.11 Å². The van der Waals surface area contributed by atoms with E-state index in [0.29, 0.717) is 13.1 Å². The Morgan fingerprint density at radius 1 is 1.61 bits per heavy atom. The number of rotatable bonds is 1. The van der Waals surface area contributed by atoms with Crippen LogP contribution in [0.1, 0.15) is 20.8 Å². The number of nitrogens with zero attached hydrogens (tertiary/aromatic N) is 2. The van der Waals surface area contributed by atoms with Crippen LogP contribution in [0.25, 0.3) is 0 Å². The molecule has 0 bridgehead atoms. The average molecular weight is 255 g/mol. The van der Waals surface area contributed by atoms with E-state index in [-0.39, 0.29) is 16.9 Å². The summed E-state index contributed by atoms with van der Waals surface area (Å²) in [7, 11) is 1.53. The topological polar surface area (TPSA) is 74.2 Å². The number of carbonyl (C=O) groups is 1. The minimum absolute atomic E-state index is 0.0635. The van der Waals surface area contributed by atoms with Crippen LogP contribution in [0.5, 0.6) is 0 Å². The molecular weight excluding hydrogens is 234 g/mol. The minimum atomic E-state index is -0.857. The van der Waals surface area contributed by atoms with Crippen molar-refractivity contribution in [2.75, 3.05) is 26.7 Å². The van der Waals surface area contributed by atoms with E-state index in [9.17, 15) is 9.90 Å². The van der Waals surface area contributed by atoms with Crippen LogP contribution in [0, 0.1) is 10.8 Å². The van der Waals surface area contributed by atoms with Crippen LogP contribution < -0.4 is 5.32 Å². The van der Waals surface area contributed by atoms with E-state index in [1.165, 1.54) is 12.0 Å². The lowest BCUT2D eigenvalue weighted by atomic mass is 9.60. The lowest BCUT2D eigenvalue weighted by Crippen LogP contribution is -2.73. The van der Waals surface area contributed by atoms with Gasteiger partial charge in [-0.05, 0) is 5.41 Å². The highest BCUT2D eigenvalue weighted by Gasteiger charge is 2.63. The molecule has 2 N–H and O–H groups in total. The number of likely N-dealkylation sites (tertiary alicyclic amines) is 1. The first-order valence-electron chi connectivity index (χ1n) is 6.14. The number of nitrogens with one attached hydrogen (secondary N) is 1. The number of hydrogen-bond acceptors (Lipinski definition) is 4. The van der Waals surface area contributed by atoms with Gasteiger partial charge in [0.25, 0.3) is 0 Å². The SMILES string of the molecule is CON=C1CNCC12CN(C(=O)O)C2C(C)(C)C. The maximum atomic E-state index is 11.3. The first-order chi connectivity index (χ1) is 8.33. The number of oxime groups is 1. The zero-order valence-corrected chi connectivity index (χ0v) is 11.4. The van der Waals surface area contributed by atoms with Gasteiger partial charge in [0, 0.05) is 19.6 Å². The van der Waals surface area contributed by atoms with Crippen LogP contribution in [0.2, 0.25) is 0 Å². The molecule has 0 saturated carbocycles. The molecule has 6 heteroatoms. The molecule has 2 heterocycles. The first-order valence-corrected chi connectivity index (χ1v) is 6.14. The summed E-state index contributed by atoms with van der Waals surface area (Å²) in [5, 5.41) is 16.6. The highest BCUT2D eigenvalue weighted by molar-refractivity contribution is 5.97. The van der Waals surface area contributed by atoms with Crippen molar-refractivity contribution in [1.29, 1.82) is 0 Å². The molecule has 2 fully saturated rings. The fourth-order valence-corrected chi connectivity index (χ4v) is 3.46. The van der Waals surface area contributed by atoms with Gasteiger partial charge in [-0.3, -0.25) is 0 Å². The Balaban J connectivity index is 2.34. The van der Waals surface area contributed by atoms with Crippen LogP contribution in [0.15, 0.2) is 5.16 Å². The van der Waals surface area contributed by atoms with Crippen molar-refractivity contribution < 1.29 is 14.7 Å². The fraction of sp³-hybridized carbons (Fsp3) is 0.833. The zero-order valence-electron chi connectivity index (χ0n) is 11.4. The predicted molar refractivity (Wildman–Crippen MR) is 67.7 cm³/mol. The van der Waals surface area contributed by atoms with Gasteiger partial charge in [0.2, 0.25) is 0 Å². The Labute approximate surface area is 107 Å². The molecule has 2 aliphatic heterocycles. The van der Waals surface area contributed by atoms with Crippen molar-refractivity contribution >= 4 is 11.8 Å². The summed E-state index contributed by atoms with van der Waals surface area (Å²) in [6, 6.07) is -0.0635. The second kappa shape index (κ2) is 4.12. The van der Waals surface area contributed by atoms with Gasteiger partial charge < -0.3 is 20.2 Å². The van der Waals surface area contributed by atoms with Crippen molar-refractivity contribution in [2.45, 2.75) is 26.8 Å². The Morgan fingerprint density at radius 2 is 2.28 bits per heavy atom. The van der Waals surface area contributed by atoms with Gasteiger partial charge in [-0.1, -0.05) is 25.9 Å². The lowest BCUT2D eigenvalue weighted by Gasteiger charge is -2.59. The quantitative estimate of drug-likeness (QED) is 0.685. The van der Waals surface area contributed by atoms with Crippen LogP contribution in [-0.2, 0) is 4.84 Å². The summed E-state index contributed by atoms with van der Waals surface area (Å²) >= 11 is 0. The molecule has 0 aromatic rings. The van der Waals surface area contributed by atoms with Crippen LogP contribution >= 0.6 is 0 Å². The van der Waals surface area contributed by atoms with Gasteiger partial charge in [-0.25, -0.2) is 4.79 Å². The van der Waals surface area contributed by atoms with Gasteiger partial charge in [0.15, 0.2) is 0 Å². The molecule has 18 heavy (non-hydrogen) atoms. The Bertz CT molecular complexity index is 389. The largest absolute Gasteiger partial charge is 0.465 e. The van der Waals surface area contributed by atoms with Gasteiger partial charge in [-0.2, -0.15) is 0 Å². The second-order valence-corrected chi connectivity index (χ2v) is 6.16. The number of carboxylic acid groups (broad SMARTS) is 1. The maximum Gasteiger partial charge on any atom is 0.407 e. The standard InChI is InChI=1S/C12H21N3O3/c1-11(2,3)9-12(7-15(9)10(16)17)6-13-5-8(12)14-18-4/h9,13H,5-7H2,1-4H3,(H,16,17). The molecule has 2 unspecified atom stereocenters. The number of hydrogen-bond donors (Lipinski definition) is 2. The van der Waals surface area contributed by atoms with E-state index < -0.39 is 6.09 Å².